The lowest BCUT2D eigenvalue weighted by Gasteiger charge is -2.36. The SMILES string of the molecule is COCCNCC(=O)NCC1CCCCN1Cc1ccccc1. The summed E-state index contributed by atoms with van der Waals surface area (Å²) in [5, 5.41) is 6.14. The van der Waals surface area contributed by atoms with E-state index in [1.807, 2.05) is 6.07 Å². The molecule has 0 aromatic heterocycles. The van der Waals surface area contributed by atoms with Crippen LogP contribution in [0.4, 0.5) is 0 Å². The van der Waals surface area contributed by atoms with E-state index < -0.39 is 0 Å². The number of rotatable bonds is 9. The Balaban J connectivity index is 1.74. The molecule has 1 heterocycles. The number of carbonyl (C=O) groups is 1. The van der Waals surface area contributed by atoms with E-state index >= 15 is 0 Å². The maximum Gasteiger partial charge on any atom is 0.234 e. The standard InChI is InChI=1S/C18H29N3O2/c1-23-12-10-19-14-18(22)20-13-17-9-5-6-11-21(17)15-16-7-3-2-4-8-16/h2-4,7-8,17,19H,5-6,9-15H2,1H3,(H,20,22). The van der Waals surface area contributed by atoms with E-state index in [1.54, 1.807) is 7.11 Å². The number of piperidine rings is 1. The molecule has 2 rings (SSSR count). The first-order valence-electron chi connectivity index (χ1n) is 8.54. The lowest BCUT2D eigenvalue weighted by atomic mass is 10.0. The van der Waals surface area contributed by atoms with Gasteiger partial charge in [-0.2, -0.15) is 0 Å². The molecule has 1 aliphatic heterocycles. The van der Waals surface area contributed by atoms with Crippen LogP contribution in [0.5, 0.6) is 0 Å². The zero-order chi connectivity index (χ0) is 16.3. The first-order valence-corrected chi connectivity index (χ1v) is 8.54. The van der Waals surface area contributed by atoms with Crippen LogP contribution >= 0.6 is 0 Å². The third kappa shape index (κ3) is 6.69. The molecule has 0 aliphatic carbocycles. The predicted octanol–water partition coefficient (Wildman–Crippen LogP) is 1.39. The summed E-state index contributed by atoms with van der Waals surface area (Å²) in [7, 11) is 1.66. The van der Waals surface area contributed by atoms with Gasteiger partial charge in [-0.15, -0.1) is 0 Å². The molecule has 0 saturated carbocycles. The van der Waals surface area contributed by atoms with E-state index in [-0.39, 0.29) is 5.91 Å². The molecule has 1 unspecified atom stereocenters. The summed E-state index contributed by atoms with van der Waals surface area (Å²) in [6.07, 6.45) is 3.65. The lowest BCUT2D eigenvalue weighted by molar-refractivity contribution is -0.120. The molecule has 1 amide bonds. The van der Waals surface area contributed by atoms with Gasteiger partial charge in [0.2, 0.25) is 5.91 Å². The number of amides is 1. The van der Waals surface area contributed by atoms with Crippen molar-refractivity contribution in [1.29, 1.82) is 0 Å². The Labute approximate surface area is 139 Å². The second kappa shape index (κ2) is 10.4. The van der Waals surface area contributed by atoms with Crippen LogP contribution in [0.15, 0.2) is 30.3 Å². The molecule has 0 radical (unpaired) electrons. The van der Waals surface area contributed by atoms with Crippen molar-refractivity contribution in [1.82, 2.24) is 15.5 Å². The van der Waals surface area contributed by atoms with Crippen LogP contribution in [-0.4, -0.2) is 56.7 Å². The minimum Gasteiger partial charge on any atom is -0.383 e. The van der Waals surface area contributed by atoms with Crippen LogP contribution in [0.1, 0.15) is 24.8 Å². The van der Waals surface area contributed by atoms with E-state index in [0.717, 1.165) is 26.1 Å². The molecule has 1 aromatic rings. The largest absolute Gasteiger partial charge is 0.383 e. The molecular formula is C18H29N3O2. The Morgan fingerprint density at radius 1 is 1.30 bits per heavy atom. The fourth-order valence-corrected chi connectivity index (χ4v) is 2.99. The number of hydrogen-bond acceptors (Lipinski definition) is 4. The molecule has 128 valence electrons. The van der Waals surface area contributed by atoms with Gasteiger partial charge in [0.1, 0.15) is 0 Å². The van der Waals surface area contributed by atoms with E-state index in [0.29, 0.717) is 25.7 Å². The molecule has 1 atom stereocenters. The molecule has 5 heteroatoms. The highest BCUT2D eigenvalue weighted by molar-refractivity contribution is 5.78. The fraction of sp³-hybridized carbons (Fsp3) is 0.611. The molecule has 1 fully saturated rings. The quantitative estimate of drug-likeness (QED) is 0.676. The van der Waals surface area contributed by atoms with Gasteiger partial charge in [-0.1, -0.05) is 36.8 Å². The van der Waals surface area contributed by atoms with Crippen LogP contribution in [0.2, 0.25) is 0 Å². The van der Waals surface area contributed by atoms with Crippen molar-refractivity contribution in [2.45, 2.75) is 31.8 Å². The number of hydrogen-bond donors (Lipinski definition) is 2. The van der Waals surface area contributed by atoms with Crippen LogP contribution in [0, 0.1) is 0 Å². The van der Waals surface area contributed by atoms with Gasteiger partial charge in [0.15, 0.2) is 0 Å². The minimum atomic E-state index is 0.0614. The molecule has 1 saturated heterocycles. The minimum absolute atomic E-state index is 0.0614. The molecule has 23 heavy (non-hydrogen) atoms. The Morgan fingerprint density at radius 2 is 2.13 bits per heavy atom. The first-order chi connectivity index (χ1) is 11.3. The Morgan fingerprint density at radius 3 is 2.91 bits per heavy atom. The molecule has 5 nitrogen and oxygen atoms in total. The third-order valence-electron chi connectivity index (χ3n) is 4.28. The number of nitrogens with one attached hydrogen (secondary N) is 2. The summed E-state index contributed by atoms with van der Waals surface area (Å²) in [4.78, 5) is 14.4. The maximum atomic E-state index is 11.9. The highest BCUT2D eigenvalue weighted by atomic mass is 16.5. The van der Waals surface area contributed by atoms with Gasteiger partial charge in [-0.3, -0.25) is 9.69 Å². The second-order valence-corrected chi connectivity index (χ2v) is 6.08. The van der Waals surface area contributed by atoms with Gasteiger partial charge in [0, 0.05) is 32.8 Å². The first kappa shape index (κ1) is 17.9. The smallest absolute Gasteiger partial charge is 0.234 e. The third-order valence-corrected chi connectivity index (χ3v) is 4.28. The number of carbonyl (C=O) groups excluding carboxylic acids is 1. The zero-order valence-electron chi connectivity index (χ0n) is 14.1. The number of nitrogens with zero attached hydrogens (tertiary/aromatic N) is 1. The van der Waals surface area contributed by atoms with Gasteiger partial charge >= 0.3 is 0 Å². The Kier molecular flexibility index (Phi) is 8.07. The van der Waals surface area contributed by atoms with Crippen molar-refractivity contribution in [2.75, 3.05) is 39.9 Å². The summed E-state index contributed by atoms with van der Waals surface area (Å²) in [6, 6.07) is 11.0. The van der Waals surface area contributed by atoms with Crippen molar-refractivity contribution in [3.8, 4) is 0 Å². The van der Waals surface area contributed by atoms with Crippen molar-refractivity contribution in [3.63, 3.8) is 0 Å². The molecule has 0 bridgehead atoms. The average Bonchev–Trinajstić information content (AvgIpc) is 2.59. The van der Waals surface area contributed by atoms with Gasteiger partial charge < -0.3 is 15.4 Å². The highest BCUT2D eigenvalue weighted by Gasteiger charge is 2.22. The maximum absolute atomic E-state index is 11.9. The number of likely N-dealkylation sites (tertiary alicyclic amines) is 1. The van der Waals surface area contributed by atoms with E-state index in [1.165, 1.54) is 18.4 Å². The van der Waals surface area contributed by atoms with E-state index in [2.05, 4.69) is 39.8 Å². The monoisotopic (exact) mass is 319 g/mol. The summed E-state index contributed by atoms with van der Waals surface area (Å²) < 4.78 is 4.95. The summed E-state index contributed by atoms with van der Waals surface area (Å²) >= 11 is 0. The molecule has 1 aromatic carbocycles. The number of ether oxygens (including phenoxy) is 1. The summed E-state index contributed by atoms with van der Waals surface area (Å²) in [5.41, 5.74) is 1.34. The molecular weight excluding hydrogens is 290 g/mol. The van der Waals surface area contributed by atoms with Crippen molar-refractivity contribution < 1.29 is 9.53 Å². The van der Waals surface area contributed by atoms with Crippen LogP contribution in [-0.2, 0) is 16.1 Å². The predicted molar refractivity (Wildman–Crippen MR) is 92.2 cm³/mol. The second-order valence-electron chi connectivity index (χ2n) is 6.08. The molecule has 1 aliphatic rings. The van der Waals surface area contributed by atoms with Gasteiger partial charge in [-0.05, 0) is 24.9 Å². The van der Waals surface area contributed by atoms with Crippen LogP contribution in [0.25, 0.3) is 0 Å². The Hall–Kier alpha value is -1.43. The highest BCUT2D eigenvalue weighted by Crippen LogP contribution is 2.19. The molecule has 2 N–H and O–H groups in total. The summed E-state index contributed by atoms with van der Waals surface area (Å²) in [6.45, 7) is 4.50. The Bertz CT molecular complexity index is 453. The van der Waals surface area contributed by atoms with Crippen LogP contribution in [0.3, 0.4) is 0 Å². The average molecular weight is 319 g/mol. The zero-order valence-corrected chi connectivity index (χ0v) is 14.1. The number of methoxy groups -OCH3 is 1. The number of benzene rings is 1. The topological polar surface area (TPSA) is 53.6 Å². The van der Waals surface area contributed by atoms with Gasteiger partial charge in [-0.25, -0.2) is 0 Å². The van der Waals surface area contributed by atoms with Gasteiger partial charge in [0.05, 0.1) is 13.2 Å². The van der Waals surface area contributed by atoms with Crippen LogP contribution < -0.4 is 10.6 Å². The normalized spacial score (nSPS) is 18.7. The summed E-state index contributed by atoms with van der Waals surface area (Å²) in [5.74, 6) is 0.0614. The van der Waals surface area contributed by atoms with E-state index in [9.17, 15) is 4.79 Å². The van der Waals surface area contributed by atoms with Gasteiger partial charge in [0.25, 0.3) is 0 Å². The van der Waals surface area contributed by atoms with Crippen molar-refractivity contribution in [2.24, 2.45) is 0 Å². The van der Waals surface area contributed by atoms with Crippen molar-refractivity contribution >= 4 is 5.91 Å². The molecule has 0 spiro atoms. The van der Waals surface area contributed by atoms with Crippen molar-refractivity contribution in [3.05, 3.63) is 35.9 Å². The lowest BCUT2D eigenvalue weighted by Crippen LogP contribution is -2.47. The fourth-order valence-electron chi connectivity index (χ4n) is 2.99. The van der Waals surface area contributed by atoms with E-state index in [4.69, 9.17) is 4.74 Å².